The van der Waals surface area contributed by atoms with Gasteiger partial charge in [0.1, 0.15) is 0 Å². The van der Waals surface area contributed by atoms with Crippen LogP contribution in [0.25, 0.3) is 0 Å². The maximum absolute atomic E-state index is 4.43. The third-order valence-electron chi connectivity index (χ3n) is 4.35. The summed E-state index contributed by atoms with van der Waals surface area (Å²) >= 11 is 0. The fourth-order valence-corrected chi connectivity index (χ4v) is 3.44. The molecule has 20 heavy (non-hydrogen) atoms. The normalized spacial score (nSPS) is 17.8. The van der Waals surface area contributed by atoms with Crippen molar-refractivity contribution in [1.29, 1.82) is 0 Å². The molecule has 0 bridgehead atoms. The van der Waals surface area contributed by atoms with Crippen molar-refractivity contribution in [3.63, 3.8) is 0 Å². The molecule has 1 saturated carbocycles. The Morgan fingerprint density at radius 1 is 1.30 bits per heavy atom. The predicted molar refractivity (Wildman–Crippen MR) is 84.6 cm³/mol. The molecule has 2 rings (SSSR count). The zero-order valence-electron chi connectivity index (χ0n) is 13.1. The minimum atomic E-state index is 0.485. The standard InChI is InChI=1S/C17H29N3/c1-3-11-18-14-17(9-5-6-10-17)15-20(2)13-16-8-4-7-12-19-16/h4,7-8,12,18H,3,5-6,9-11,13-15H2,1-2H3. The Balaban J connectivity index is 1.87. The van der Waals surface area contributed by atoms with Crippen LogP contribution < -0.4 is 5.32 Å². The van der Waals surface area contributed by atoms with Crippen LogP contribution in [-0.2, 0) is 6.54 Å². The third-order valence-corrected chi connectivity index (χ3v) is 4.35. The van der Waals surface area contributed by atoms with Gasteiger partial charge in [0.2, 0.25) is 0 Å². The molecule has 3 nitrogen and oxygen atoms in total. The zero-order chi connectivity index (χ0) is 14.3. The van der Waals surface area contributed by atoms with Crippen LogP contribution in [-0.4, -0.2) is 36.6 Å². The van der Waals surface area contributed by atoms with Crippen molar-refractivity contribution in [2.75, 3.05) is 26.7 Å². The first-order valence-corrected chi connectivity index (χ1v) is 8.03. The van der Waals surface area contributed by atoms with Gasteiger partial charge in [0, 0.05) is 25.8 Å². The van der Waals surface area contributed by atoms with Crippen LogP contribution in [0.15, 0.2) is 24.4 Å². The molecule has 1 aromatic heterocycles. The lowest BCUT2D eigenvalue weighted by molar-refractivity contribution is 0.166. The van der Waals surface area contributed by atoms with Crippen LogP contribution in [0, 0.1) is 5.41 Å². The predicted octanol–water partition coefficient (Wildman–Crippen LogP) is 3.07. The summed E-state index contributed by atoms with van der Waals surface area (Å²) in [5.41, 5.74) is 1.66. The SMILES string of the molecule is CCCNCC1(CN(C)Cc2ccccn2)CCCC1. The molecule has 0 aromatic carbocycles. The third kappa shape index (κ3) is 4.57. The van der Waals surface area contributed by atoms with Gasteiger partial charge in [0.25, 0.3) is 0 Å². The summed E-state index contributed by atoms with van der Waals surface area (Å²) in [6, 6.07) is 6.17. The van der Waals surface area contributed by atoms with E-state index in [1.165, 1.54) is 50.9 Å². The second-order valence-electron chi connectivity index (χ2n) is 6.38. The summed E-state index contributed by atoms with van der Waals surface area (Å²) in [5.74, 6) is 0. The van der Waals surface area contributed by atoms with Crippen LogP contribution >= 0.6 is 0 Å². The second-order valence-corrected chi connectivity index (χ2v) is 6.38. The highest BCUT2D eigenvalue weighted by atomic mass is 15.1. The number of rotatable bonds is 8. The Morgan fingerprint density at radius 3 is 2.75 bits per heavy atom. The first-order valence-electron chi connectivity index (χ1n) is 8.03. The average Bonchev–Trinajstić information content (AvgIpc) is 2.88. The lowest BCUT2D eigenvalue weighted by Crippen LogP contribution is -2.41. The van der Waals surface area contributed by atoms with E-state index in [0.717, 1.165) is 13.1 Å². The largest absolute Gasteiger partial charge is 0.316 e. The quantitative estimate of drug-likeness (QED) is 0.739. The van der Waals surface area contributed by atoms with Crippen LogP contribution in [0.3, 0.4) is 0 Å². The molecule has 0 atom stereocenters. The second kappa shape index (κ2) is 7.75. The number of hydrogen-bond acceptors (Lipinski definition) is 3. The van der Waals surface area contributed by atoms with E-state index >= 15 is 0 Å². The van der Waals surface area contributed by atoms with Gasteiger partial charge < -0.3 is 5.32 Å². The topological polar surface area (TPSA) is 28.2 Å². The first-order chi connectivity index (χ1) is 9.74. The lowest BCUT2D eigenvalue weighted by Gasteiger charge is -2.34. The van der Waals surface area contributed by atoms with E-state index in [4.69, 9.17) is 0 Å². The summed E-state index contributed by atoms with van der Waals surface area (Å²) in [4.78, 5) is 6.88. The average molecular weight is 275 g/mol. The minimum Gasteiger partial charge on any atom is -0.316 e. The smallest absolute Gasteiger partial charge is 0.0543 e. The number of pyridine rings is 1. The fourth-order valence-electron chi connectivity index (χ4n) is 3.44. The van der Waals surface area contributed by atoms with Crippen molar-refractivity contribution in [1.82, 2.24) is 15.2 Å². The van der Waals surface area contributed by atoms with Crippen LogP contribution in [0.5, 0.6) is 0 Å². The molecule has 0 unspecified atom stereocenters. The van der Waals surface area contributed by atoms with Gasteiger partial charge in [-0.05, 0) is 50.4 Å². The van der Waals surface area contributed by atoms with E-state index in [2.05, 4.69) is 41.3 Å². The van der Waals surface area contributed by atoms with E-state index in [-0.39, 0.29) is 0 Å². The molecular formula is C17H29N3. The van der Waals surface area contributed by atoms with Crippen LogP contribution in [0.1, 0.15) is 44.7 Å². The van der Waals surface area contributed by atoms with E-state index in [1.54, 1.807) is 0 Å². The maximum atomic E-state index is 4.43. The molecule has 112 valence electrons. The molecule has 1 aromatic rings. The number of aromatic nitrogens is 1. The molecular weight excluding hydrogens is 246 g/mol. The minimum absolute atomic E-state index is 0.485. The first kappa shape index (κ1) is 15.5. The number of nitrogens with one attached hydrogen (secondary N) is 1. The van der Waals surface area contributed by atoms with Crippen molar-refractivity contribution < 1.29 is 0 Å². The molecule has 0 aliphatic heterocycles. The highest BCUT2D eigenvalue weighted by molar-refractivity contribution is 5.03. The summed E-state index contributed by atoms with van der Waals surface area (Å²) in [6.07, 6.45) is 8.64. The van der Waals surface area contributed by atoms with Crippen molar-refractivity contribution in [3.05, 3.63) is 30.1 Å². The van der Waals surface area contributed by atoms with E-state index in [1.807, 2.05) is 12.3 Å². The summed E-state index contributed by atoms with van der Waals surface area (Å²) < 4.78 is 0. The van der Waals surface area contributed by atoms with Gasteiger partial charge in [0.05, 0.1) is 5.69 Å². The summed E-state index contributed by atoms with van der Waals surface area (Å²) in [6.45, 7) is 6.69. The van der Waals surface area contributed by atoms with E-state index in [0.29, 0.717) is 5.41 Å². The Hall–Kier alpha value is -0.930. The molecule has 0 spiro atoms. The van der Waals surface area contributed by atoms with Gasteiger partial charge >= 0.3 is 0 Å². The fraction of sp³-hybridized carbons (Fsp3) is 0.706. The van der Waals surface area contributed by atoms with E-state index < -0.39 is 0 Å². The Labute approximate surface area is 123 Å². The Morgan fingerprint density at radius 2 is 2.10 bits per heavy atom. The van der Waals surface area contributed by atoms with Gasteiger partial charge in [-0.2, -0.15) is 0 Å². The maximum Gasteiger partial charge on any atom is 0.0543 e. The Kier molecular flexibility index (Phi) is 5.99. The highest BCUT2D eigenvalue weighted by Crippen LogP contribution is 2.38. The monoisotopic (exact) mass is 275 g/mol. The number of nitrogens with zero attached hydrogens (tertiary/aromatic N) is 2. The van der Waals surface area contributed by atoms with Gasteiger partial charge in [-0.3, -0.25) is 9.88 Å². The molecule has 1 aliphatic rings. The molecule has 1 aliphatic carbocycles. The van der Waals surface area contributed by atoms with Crippen molar-refractivity contribution in [2.45, 2.75) is 45.6 Å². The summed E-state index contributed by atoms with van der Waals surface area (Å²) in [7, 11) is 2.23. The van der Waals surface area contributed by atoms with Crippen molar-refractivity contribution >= 4 is 0 Å². The zero-order valence-corrected chi connectivity index (χ0v) is 13.1. The molecule has 1 N–H and O–H groups in total. The molecule has 1 fully saturated rings. The molecule has 1 heterocycles. The van der Waals surface area contributed by atoms with Crippen LogP contribution in [0.2, 0.25) is 0 Å². The van der Waals surface area contributed by atoms with Gasteiger partial charge in [-0.15, -0.1) is 0 Å². The lowest BCUT2D eigenvalue weighted by atomic mass is 9.85. The van der Waals surface area contributed by atoms with Crippen LogP contribution in [0.4, 0.5) is 0 Å². The molecule has 0 amide bonds. The number of hydrogen-bond donors (Lipinski definition) is 1. The van der Waals surface area contributed by atoms with Gasteiger partial charge in [-0.1, -0.05) is 25.8 Å². The van der Waals surface area contributed by atoms with Crippen molar-refractivity contribution in [2.24, 2.45) is 5.41 Å². The molecule has 3 heteroatoms. The van der Waals surface area contributed by atoms with Gasteiger partial charge in [0.15, 0.2) is 0 Å². The highest BCUT2D eigenvalue weighted by Gasteiger charge is 2.34. The van der Waals surface area contributed by atoms with Gasteiger partial charge in [-0.25, -0.2) is 0 Å². The molecule has 0 radical (unpaired) electrons. The Bertz CT molecular complexity index is 371. The molecule has 0 saturated heterocycles. The summed E-state index contributed by atoms with van der Waals surface area (Å²) in [5, 5.41) is 3.64. The van der Waals surface area contributed by atoms with Crippen molar-refractivity contribution in [3.8, 4) is 0 Å². The van der Waals surface area contributed by atoms with E-state index in [9.17, 15) is 0 Å².